The third-order valence-electron chi connectivity index (χ3n) is 2.67. The predicted molar refractivity (Wildman–Crippen MR) is 92.5 cm³/mol. The number of hydrogen-bond donors (Lipinski definition) is 2. The molecule has 0 spiro atoms. The number of hydrogen-bond acceptors (Lipinski definition) is 3. The lowest BCUT2D eigenvalue weighted by molar-refractivity contribution is -0.114. The molecular weight excluding hydrogens is 320 g/mol. The largest absolute Gasteiger partial charge is 0.325 e. The lowest BCUT2D eigenvalue weighted by atomic mass is 10.3. The van der Waals surface area contributed by atoms with Crippen LogP contribution in [0.5, 0.6) is 0 Å². The monoisotopic (exact) mass is 334 g/mol. The molecule has 0 aliphatic rings. The second-order valence-corrected chi connectivity index (χ2v) is 5.83. The van der Waals surface area contributed by atoms with E-state index in [4.69, 9.17) is 11.6 Å². The number of carbonyl (C=O) groups is 2. The predicted octanol–water partition coefficient (Wildman–Crippen LogP) is 3.65. The van der Waals surface area contributed by atoms with Gasteiger partial charge in [-0.1, -0.05) is 41.9 Å². The quantitative estimate of drug-likeness (QED) is 0.847. The van der Waals surface area contributed by atoms with E-state index in [0.717, 1.165) is 5.69 Å². The van der Waals surface area contributed by atoms with Gasteiger partial charge < -0.3 is 10.6 Å². The van der Waals surface area contributed by atoms with Crippen molar-refractivity contribution in [2.45, 2.75) is 0 Å². The lowest BCUT2D eigenvalue weighted by Gasteiger charge is -2.07. The molecule has 0 bridgehead atoms. The van der Waals surface area contributed by atoms with Crippen molar-refractivity contribution in [2.75, 3.05) is 22.1 Å². The normalized spacial score (nSPS) is 10.0. The zero-order valence-corrected chi connectivity index (χ0v) is 13.3. The highest BCUT2D eigenvalue weighted by molar-refractivity contribution is 8.00. The molecule has 0 radical (unpaired) electrons. The summed E-state index contributed by atoms with van der Waals surface area (Å²) in [6, 6.07) is 16.2. The van der Waals surface area contributed by atoms with Crippen molar-refractivity contribution in [3.63, 3.8) is 0 Å². The Morgan fingerprint density at radius 2 is 1.45 bits per heavy atom. The molecule has 0 heterocycles. The highest BCUT2D eigenvalue weighted by atomic mass is 35.5. The molecule has 2 aromatic rings. The van der Waals surface area contributed by atoms with Gasteiger partial charge in [0.1, 0.15) is 0 Å². The molecular formula is C16H15ClN2O2S. The summed E-state index contributed by atoms with van der Waals surface area (Å²) in [5.74, 6) is 0.0745. The smallest absolute Gasteiger partial charge is 0.234 e. The van der Waals surface area contributed by atoms with Crippen molar-refractivity contribution in [3.05, 3.63) is 59.6 Å². The van der Waals surface area contributed by atoms with Crippen LogP contribution in [0.1, 0.15) is 0 Å². The van der Waals surface area contributed by atoms with Crippen molar-refractivity contribution in [2.24, 2.45) is 0 Å². The van der Waals surface area contributed by atoms with E-state index in [1.807, 2.05) is 30.3 Å². The molecule has 6 heteroatoms. The van der Waals surface area contributed by atoms with E-state index in [-0.39, 0.29) is 23.3 Å². The Bertz CT molecular complexity index is 650. The van der Waals surface area contributed by atoms with Crippen LogP contribution in [-0.4, -0.2) is 23.3 Å². The Labute approximate surface area is 138 Å². The number of thioether (sulfide) groups is 1. The van der Waals surface area contributed by atoms with Crippen molar-refractivity contribution in [1.29, 1.82) is 0 Å². The summed E-state index contributed by atoms with van der Waals surface area (Å²) in [6.07, 6.45) is 0. The molecule has 2 rings (SSSR count). The Morgan fingerprint density at radius 3 is 2.14 bits per heavy atom. The Balaban J connectivity index is 1.71. The van der Waals surface area contributed by atoms with Crippen LogP contribution in [0.2, 0.25) is 5.02 Å². The van der Waals surface area contributed by atoms with E-state index in [0.29, 0.717) is 10.7 Å². The number of anilines is 2. The second-order valence-electron chi connectivity index (χ2n) is 4.44. The van der Waals surface area contributed by atoms with Crippen LogP contribution < -0.4 is 10.6 Å². The molecule has 22 heavy (non-hydrogen) atoms. The molecule has 0 aliphatic heterocycles. The fourth-order valence-electron chi connectivity index (χ4n) is 1.70. The standard InChI is InChI=1S/C16H15ClN2O2S/c17-13-8-4-5-9-14(13)19-16(21)11-22-10-15(20)18-12-6-2-1-3-7-12/h1-9H,10-11H2,(H,18,20)(H,19,21). The van der Waals surface area contributed by atoms with Gasteiger partial charge in [0.25, 0.3) is 0 Å². The second kappa shape index (κ2) is 8.46. The molecule has 114 valence electrons. The summed E-state index contributed by atoms with van der Waals surface area (Å²) in [5.41, 5.74) is 1.32. The summed E-state index contributed by atoms with van der Waals surface area (Å²) in [7, 11) is 0. The van der Waals surface area contributed by atoms with E-state index >= 15 is 0 Å². The van der Waals surface area contributed by atoms with Crippen LogP contribution in [0.4, 0.5) is 11.4 Å². The van der Waals surface area contributed by atoms with E-state index in [1.54, 1.807) is 24.3 Å². The maximum Gasteiger partial charge on any atom is 0.234 e. The molecule has 0 saturated heterocycles. The van der Waals surface area contributed by atoms with Crippen LogP contribution in [0.3, 0.4) is 0 Å². The van der Waals surface area contributed by atoms with Crippen molar-refractivity contribution in [1.82, 2.24) is 0 Å². The van der Waals surface area contributed by atoms with Crippen LogP contribution in [0.15, 0.2) is 54.6 Å². The molecule has 0 unspecified atom stereocenters. The summed E-state index contributed by atoms with van der Waals surface area (Å²) in [5, 5.41) is 5.96. The van der Waals surface area contributed by atoms with Gasteiger partial charge in [0.2, 0.25) is 11.8 Å². The van der Waals surface area contributed by atoms with Gasteiger partial charge in [-0.2, -0.15) is 0 Å². The number of carbonyl (C=O) groups excluding carboxylic acids is 2. The zero-order chi connectivity index (χ0) is 15.8. The van der Waals surface area contributed by atoms with Crippen LogP contribution in [0, 0.1) is 0 Å². The first kappa shape index (κ1) is 16.4. The number of para-hydroxylation sites is 2. The van der Waals surface area contributed by atoms with Gasteiger partial charge in [0, 0.05) is 5.69 Å². The average Bonchev–Trinajstić information content (AvgIpc) is 2.50. The van der Waals surface area contributed by atoms with Gasteiger partial charge in [-0.25, -0.2) is 0 Å². The maximum atomic E-state index is 11.8. The van der Waals surface area contributed by atoms with Crippen molar-refractivity contribution < 1.29 is 9.59 Å². The fourth-order valence-corrected chi connectivity index (χ4v) is 2.50. The molecule has 0 aromatic heterocycles. The van der Waals surface area contributed by atoms with Crippen LogP contribution >= 0.6 is 23.4 Å². The molecule has 2 aromatic carbocycles. The van der Waals surface area contributed by atoms with E-state index in [1.165, 1.54) is 11.8 Å². The van der Waals surface area contributed by atoms with E-state index in [9.17, 15) is 9.59 Å². The highest BCUT2D eigenvalue weighted by Crippen LogP contribution is 2.20. The summed E-state index contributed by atoms with van der Waals surface area (Å²) in [6.45, 7) is 0. The molecule has 0 fully saturated rings. The summed E-state index contributed by atoms with van der Waals surface area (Å²) in [4.78, 5) is 23.5. The number of benzene rings is 2. The van der Waals surface area contributed by atoms with Gasteiger partial charge >= 0.3 is 0 Å². The minimum Gasteiger partial charge on any atom is -0.325 e. The van der Waals surface area contributed by atoms with Crippen molar-refractivity contribution in [3.8, 4) is 0 Å². The Kier molecular flexibility index (Phi) is 6.30. The van der Waals surface area contributed by atoms with Crippen LogP contribution in [-0.2, 0) is 9.59 Å². The number of rotatable bonds is 6. The zero-order valence-electron chi connectivity index (χ0n) is 11.7. The van der Waals surface area contributed by atoms with Gasteiger partial charge in [-0.3, -0.25) is 9.59 Å². The first-order valence-electron chi connectivity index (χ1n) is 6.62. The Hall–Kier alpha value is -1.98. The third kappa shape index (κ3) is 5.42. The van der Waals surface area contributed by atoms with E-state index < -0.39 is 0 Å². The molecule has 0 saturated carbocycles. The van der Waals surface area contributed by atoms with Gasteiger partial charge in [0.05, 0.1) is 22.2 Å². The van der Waals surface area contributed by atoms with Gasteiger partial charge in [-0.15, -0.1) is 11.8 Å². The van der Waals surface area contributed by atoms with Crippen LogP contribution in [0.25, 0.3) is 0 Å². The maximum absolute atomic E-state index is 11.8. The lowest BCUT2D eigenvalue weighted by Crippen LogP contribution is -2.18. The summed E-state index contributed by atoms with van der Waals surface area (Å²) < 4.78 is 0. The van der Waals surface area contributed by atoms with Crippen molar-refractivity contribution >= 4 is 46.6 Å². The average molecular weight is 335 g/mol. The molecule has 0 atom stereocenters. The molecule has 4 nitrogen and oxygen atoms in total. The SMILES string of the molecule is O=C(CSCC(=O)Nc1ccccc1Cl)Nc1ccccc1. The third-order valence-corrected chi connectivity index (χ3v) is 3.93. The molecule has 2 amide bonds. The number of amides is 2. The molecule has 0 aliphatic carbocycles. The topological polar surface area (TPSA) is 58.2 Å². The minimum absolute atomic E-state index is 0.137. The van der Waals surface area contributed by atoms with Gasteiger partial charge in [0.15, 0.2) is 0 Å². The van der Waals surface area contributed by atoms with Gasteiger partial charge in [-0.05, 0) is 24.3 Å². The fraction of sp³-hybridized carbons (Fsp3) is 0.125. The molecule has 2 N–H and O–H groups in total. The number of nitrogens with one attached hydrogen (secondary N) is 2. The Morgan fingerprint density at radius 1 is 0.864 bits per heavy atom. The minimum atomic E-state index is -0.189. The highest BCUT2D eigenvalue weighted by Gasteiger charge is 2.07. The summed E-state index contributed by atoms with van der Waals surface area (Å²) >= 11 is 7.20. The first-order chi connectivity index (χ1) is 10.6. The first-order valence-corrected chi connectivity index (χ1v) is 8.15. The number of halogens is 1. The van der Waals surface area contributed by atoms with E-state index in [2.05, 4.69) is 10.6 Å².